The standard InChI is InChI=1S/C43H55ClN2O4/c1-4-5-6-7-8-9-10-11-12-13-14-15-16-17-18-19-20-21-40(47)45-37-28-30-38(31-29-37)46-42(49)43(2,3)50-39-32-24-35(25-33-39)41(48)34-22-26-36(44)27-23-34/h5-6,8-9,11-12,14-15,17-18,22-27,32-33,37-38H,4,7,10,13,16,19-21,28-31H2,1-3H3,(H,45,47)(H,46,49)/b6-5-,9-8-,12-11-,15-14-,18-17-. The maximum Gasteiger partial charge on any atom is 0.263 e. The molecule has 1 aliphatic carbocycles. The summed E-state index contributed by atoms with van der Waals surface area (Å²) in [6, 6.07) is 13.7. The Hall–Kier alpha value is -4.16. The molecule has 0 bridgehead atoms. The summed E-state index contributed by atoms with van der Waals surface area (Å²) in [4.78, 5) is 38.4. The molecule has 0 aliphatic heterocycles. The Bertz CT molecular complexity index is 1480. The molecule has 7 heteroatoms. The van der Waals surface area contributed by atoms with E-state index >= 15 is 0 Å². The van der Waals surface area contributed by atoms with Crippen LogP contribution in [0, 0.1) is 0 Å². The van der Waals surface area contributed by atoms with Crippen LogP contribution >= 0.6 is 11.6 Å². The van der Waals surface area contributed by atoms with Crippen molar-refractivity contribution in [3.8, 4) is 5.75 Å². The minimum absolute atomic E-state index is 0.0354. The minimum Gasteiger partial charge on any atom is -0.478 e. The number of unbranched alkanes of at least 4 members (excludes halogenated alkanes) is 1. The summed E-state index contributed by atoms with van der Waals surface area (Å²) in [6.07, 6.45) is 32.3. The number of carbonyl (C=O) groups excluding carboxylic acids is 3. The molecule has 3 rings (SSSR count). The van der Waals surface area contributed by atoms with E-state index in [0.717, 1.165) is 70.6 Å². The molecule has 1 aliphatic rings. The van der Waals surface area contributed by atoms with Gasteiger partial charge in [0.05, 0.1) is 0 Å². The molecule has 1 fully saturated rings. The molecule has 0 atom stereocenters. The Morgan fingerprint density at radius 3 is 1.68 bits per heavy atom. The molecule has 2 N–H and O–H groups in total. The Morgan fingerprint density at radius 2 is 1.16 bits per heavy atom. The first kappa shape index (κ1) is 40.3. The van der Waals surface area contributed by atoms with E-state index in [4.69, 9.17) is 16.3 Å². The number of nitrogens with one attached hydrogen (secondary N) is 2. The zero-order chi connectivity index (χ0) is 36.0. The smallest absolute Gasteiger partial charge is 0.263 e. The third kappa shape index (κ3) is 15.6. The van der Waals surface area contributed by atoms with Gasteiger partial charge in [-0.25, -0.2) is 0 Å². The van der Waals surface area contributed by atoms with Crippen LogP contribution in [-0.4, -0.2) is 35.3 Å². The van der Waals surface area contributed by atoms with Crippen LogP contribution in [0.15, 0.2) is 109 Å². The average Bonchev–Trinajstić information content (AvgIpc) is 3.10. The second-order valence-corrected chi connectivity index (χ2v) is 13.6. The van der Waals surface area contributed by atoms with Gasteiger partial charge in [0.2, 0.25) is 5.91 Å². The van der Waals surface area contributed by atoms with E-state index in [9.17, 15) is 14.4 Å². The van der Waals surface area contributed by atoms with Crippen LogP contribution in [0.3, 0.4) is 0 Å². The summed E-state index contributed by atoms with van der Waals surface area (Å²) in [5.74, 6) is 0.297. The van der Waals surface area contributed by atoms with E-state index in [-0.39, 0.29) is 29.7 Å². The molecule has 2 aromatic rings. The molecular formula is C43H55ClN2O4. The highest BCUT2D eigenvalue weighted by atomic mass is 35.5. The first-order valence-electron chi connectivity index (χ1n) is 18.1. The van der Waals surface area contributed by atoms with Crippen LogP contribution < -0.4 is 15.4 Å². The van der Waals surface area contributed by atoms with Crippen molar-refractivity contribution in [3.05, 3.63) is 125 Å². The van der Waals surface area contributed by atoms with E-state index in [1.165, 1.54) is 0 Å². The number of hydrogen-bond donors (Lipinski definition) is 2. The van der Waals surface area contributed by atoms with Crippen molar-refractivity contribution in [3.63, 3.8) is 0 Å². The zero-order valence-corrected chi connectivity index (χ0v) is 30.8. The number of allylic oxidation sites excluding steroid dienone is 10. The van der Waals surface area contributed by atoms with E-state index in [2.05, 4.69) is 78.3 Å². The lowest BCUT2D eigenvalue weighted by Gasteiger charge is -2.32. The van der Waals surface area contributed by atoms with Crippen LogP contribution in [0.25, 0.3) is 0 Å². The zero-order valence-electron chi connectivity index (χ0n) is 30.0. The predicted octanol–water partition coefficient (Wildman–Crippen LogP) is 10.2. The van der Waals surface area contributed by atoms with Gasteiger partial charge < -0.3 is 15.4 Å². The van der Waals surface area contributed by atoms with Crippen molar-refractivity contribution in [2.75, 3.05) is 0 Å². The summed E-state index contributed by atoms with van der Waals surface area (Å²) in [5, 5.41) is 6.89. The molecule has 0 saturated heterocycles. The molecule has 2 aromatic carbocycles. The lowest BCUT2D eigenvalue weighted by Crippen LogP contribution is -2.51. The van der Waals surface area contributed by atoms with Gasteiger partial charge in [-0.2, -0.15) is 0 Å². The van der Waals surface area contributed by atoms with Crippen LogP contribution in [-0.2, 0) is 9.59 Å². The highest BCUT2D eigenvalue weighted by Crippen LogP contribution is 2.24. The molecule has 50 heavy (non-hydrogen) atoms. The Morgan fingerprint density at radius 1 is 0.700 bits per heavy atom. The van der Waals surface area contributed by atoms with Gasteiger partial charge in [-0.15, -0.1) is 0 Å². The molecule has 1 saturated carbocycles. The molecule has 0 aromatic heterocycles. The first-order valence-corrected chi connectivity index (χ1v) is 18.5. The van der Waals surface area contributed by atoms with E-state index in [1.54, 1.807) is 62.4 Å². The minimum atomic E-state index is -1.10. The quantitative estimate of drug-likeness (QED) is 0.0819. The SMILES string of the molecule is CC/C=C\C/C=C\C/C=C\C/C=C\C/C=C\CCCC(=O)NC1CCC(NC(=O)C(C)(C)Oc2ccc(C(=O)c3ccc(Cl)cc3)cc2)CC1. The number of ether oxygens (including phenoxy) is 1. The van der Waals surface area contributed by atoms with Crippen molar-refractivity contribution in [2.45, 2.75) is 116 Å². The van der Waals surface area contributed by atoms with Crippen molar-refractivity contribution >= 4 is 29.2 Å². The number of benzene rings is 2. The fourth-order valence-corrected chi connectivity index (χ4v) is 5.70. The number of ketones is 1. The van der Waals surface area contributed by atoms with Gasteiger partial charge in [-0.1, -0.05) is 79.3 Å². The molecule has 0 spiro atoms. The summed E-state index contributed by atoms with van der Waals surface area (Å²) in [6.45, 7) is 5.62. The lowest BCUT2D eigenvalue weighted by atomic mass is 9.90. The van der Waals surface area contributed by atoms with Gasteiger partial charge >= 0.3 is 0 Å². The molecule has 0 heterocycles. The highest BCUT2D eigenvalue weighted by molar-refractivity contribution is 6.30. The average molecular weight is 699 g/mol. The third-order valence-electron chi connectivity index (χ3n) is 8.50. The number of hydrogen-bond acceptors (Lipinski definition) is 4. The molecule has 268 valence electrons. The number of halogens is 1. The Balaban J connectivity index is 1.25. The summed E-state index contributed by atoms with van der Waals surface area (Å²) in [5.41, 5.74) is -0.0248. The third-order valence-corrected chi connectivity index (χ3v) is 8.75. The van der Waals surface area contributed by atoms with E-state index in [1.807, 2.05) is 0 Å². The van der Waals surface area contributed by atoms with Crippen molar-refractivity contribution in [1.29, 1.82) is 0 Å². The summed E-state index contributed by atoms with van der Waals surface area (Å²) >= 11 is 5.93. The summed E-state index contributed by atoms with van der Waals surface area (Å²) in [7, 11) is 0. The monoisotopic (exact) mass is 698 g/mol. The van der Waals surface area contributed by atoms with E-state index < -0.39 is 5.60 Å². The van der Waals surface area contributed by atoms with Crippen LogP contribution in [0.4, 0.5) is 0 Å². The van der Waals surface area contributed by atoms with Gasteiger partial charge in [-0.3, -0.25) is 14.4 Å². The largest absolute Gasteiger partial charge is 0.478 e. The predicted molar refractivity (Wildman–Crippen MR) is 207 cm³/mol. The fourth-order valence-electron chi connectivity index (χ4n) is 5.57. The van der Waals surface area contributed by atoms with Gasteiger partial charge in [0.15, 0.2) is 11.4 Å². The van der Waals surface area contributed by atoms with Crippen LogP contribution in [0.2, 0.25) is 5.02 Å². The Kier molecular flexibility index (Phi) is 18.2. The van der Waals surface area contributed by atoms with Crippen molar-refractivity contribution < 1.29 is 19.1 Å². The van der Waals surface area contributed by atoms with Crippen molar-refractivity contribution in [1.82, 2.24) is 10.6 Å². The van der Waals surface area contributed by atoms with Crippen LogP contribution in [0.5, 0.6) is 5.75 Å². The number of carbonyl (C=O) groups is 3. The van der Waals surface area contributed by atoms with Gasteiger partial charge in [-0.05, 0) is 133 Å². The Labute approximate surface area is 304 Å². The highest BCUT2D eigenvalue weighted by Gasteiger charge is 2.33. The molecule has 0 radical (unpaired) electrons. The van der Waals surface area contributed by atoms with Gasteiger partial charge in [0, 0.05) is 34.7 Å². The molecule has 6 nitrogen and oxygen atoms in total. The second kappa shape index (κ2) is 22.5. The van der Waals surface area contributed by atoms with Gasteiger partial charge in [0.25, 0.3) is 5.91 Å². The molecule has 2 amide bonds. The van der Waals surface area contributed by atoms with Crippen LogP contribution in [0.1, 0.15) is 114 Å². The number of rotatable bonds is 20. The topological polar surface area (TPSA) is 84.5 Å². The van der Waals surface area contributed by atoms with Crippen molar-refractivity contribution in [2.24, 2.45) is 0 Å². The lowest BCUT2D eigenvalue weighted by molar-refractivity contribution is -0.135. The fraction of sp³-hybridized carbons (Fsp3) is 0.419. The number of amides is 2. The maximum absolute atomic E-state index is 13.1. The summed E-state index contributed by atoms with van der Waals surface area (Å²) < 4.78 is 6.03. The normalized spacial score (nSPS) is 17.0. The molecular weight excluding hydrogens is 644 g/mol. The molecule has 0 unspecified atom stereocenters. The first-order chi connectivity index (χ1) is 24.2. The second-order valence-electron chi connectivity index (χ2n) is 13.2. The van der Waals surface area contributed by atoms with Gasteiger partial charge in [0.1, 0.15) is 5.75 Å². The maximum atomic E-state index is 13.1. The van der Waals surface area contributed by atoms with E-state index in [0.29, 0.717) is 28.3 Å².